The predicted molar refractivity (Wildman–Crippen MR) is 153 cm³/mol. The maximum Gasteiger partial charge on any atom is 0.253 e. The maximum atomic E-state index is 12.9. The Balaban J connectivity index is 2.01. The van der Waals surface area contributed by atoms with Gasteiger partial charge in [0.05, 0.1) is 6.04 Å². The van der Waals surface area contributed by atoms with Gasteiger partial charge in [0.25, 0.3) is 5.91 Å². The zero-order valence-electron chi connectivity index (χ0n) is 23.9. The molecule has 6 heteroatoms. The lowest BCUT2D eigenvalue weighted by Crippen LogP contribution is -2.55. The third kappa shape index (κ3) is 6.39. The third-order valence-electron chi connectivity index (χ3n) is 8.02. The van der Waals surface area contributed by atoms with E-state index < -0.39 is 8.32 Å². The average molecular weight is 510 g/mol. The molecule has 2 aromatic rings. The lowest BCUT2D eigenvalue weighted by molar-refractivity contribution is 0.0773. The van der Waals surface area contributed by atoms with Crippen molar-refractivity contribution in [3.63, 3.8) is 0 Å². The van der Waals surface area contributed by atoms with Crippen molar-refractivity contribution in [1.29, 1.82) is 0 Å². The first kappa shape index (κ1) is 28.4. The minimum absolute atomic E-state index is 0.0881. The number of carbonyl (C=O) groups excluding carboxylic acids is 1. The summed E-state index contributed by atoms with van der Waals surface area (Å²) in [7, 11) is -1.95. The Morgan fingerprint density at radius 3 is 2.31 bits per heavy atom. The monoisotopic (exact) mass is 509 g/mol. The van der Waals surface area contributed by atoms with Gasteiger partial charge in [0.1, 0.15) is 5.75 Å². The summed E-state index contributed by atoms with van der Waals surface area (Å²) < 4.78 is 6.69. The van der Waals surface area contributed by atoms with Crippen LogP contribution in [0.1, 0.15) is 76.0 Å². The van der Waals surface area contributed by atoms with Crippen molar-refractivity contribution in [3.8, 4) is 5.75 Å². The molecule has 0 aliphatic carbocycles. The molecule has 198 valence electrons. The van der Waals surface area contributed by atoms with Gasteiger partial charge in [-0.3, -0.25) is 9.69 Å². The molecule has 1 heterocycles. The molecule has 0 aromatic heterocycles. The van der Waals surface area contributed by atoms with E-state index >= 15 is 0 Å². The topological polar surface area (TPSA) is 44.8 Å². The van der Waals surface area contributed by atoms with Gasteiger partial charge in [-0.15, -0.1) is 0 Å². The Labute approximate surface area is 220 Å². The highest BCUT2D eigenvalue weighted by atomic mass is 28.4. The predicted octanol–water partition coefficient (Wildman–Crippen LogP) is 6.32. The molecular formula is C30H47N3O2Si. The van der Waals surface area contributed by atoms with E-state index in [-0.39, 0.29) is 17.0 Å². The molecule has 0 radical (unpaired) electrons. The van der Waals surface area contributed by atoms with E-state index in [0.29, 0.717) is 12.1 Å². The number of carbonyl (C=O) groups is 1. The van der Waals surface area contributed by atoms with Gasteiger partial charge in [-0.1, -0.05) is 45.0 Å². The second-order valence-electron chi connectivity index (χ2n) is 11.8. The minimum Gasteiger partial charge on any atom is -0.543 e. The van der Waals surface area contributed by atoms with E-state index in [1.807, 2.05) is 30.9 Å². The molecule has 0 saturated carbocycles. The molecule has 5 nitrogen and oxygen atoms in total. The van der Waals surface area contributed by atoms with Crippen molar-refractivity contribution in [2.45, 2.75) is 84.7 Å². The van der Waals surface area contributed by atoms with Crippen LogP contribution in [0, 0.1) is 0 Å². The Hall–Kier alpha value is -2.15. The fourth-order valence-corrected chi connectivity index (χ4v) is 5.70. The normalized spacial score (nSPS) is 20.1. The minimum atomic E-state index is -1.95. The van der Waals surface area contributed by atoms with Crippen molar-refractivity contribution in [2.24, 2.45) is 0 Å². The number of amides is 1. The van der Waals surface area contributed by atoms with E-state index in [0.717, 1.165) is 37.5 Å². The molecule has 1 fully saturated rings. The van der Waals surface area contributed by atoms with Crippen molar-refractivity contribution < 1.29 is 9.22 Å². The first-order valence-corrected chi connectivity index (χ1v) is 16.5. The van der Waals surface area contributed by atoms with Crippen LogP contribution in [0.4, 0.5) is 0 Å². The van der Waals surface area contributed by atoms with E-state index in [1.54, 1.807) is 0 Å². The molecule has 1 unspecified atom stereocenters. The van der Waals surface area contributed by atoms with Crippen molar-refractivity contribution >= 4 is 14.2 Å². The largest absolute Gasteiger partial charge is 0.543 e. The van der Waals surface area contributed by atoms with E-state index in [9.17, 15) is 4.79 Å². The van der Waals surface area contributed by atoms with Gasteiger partial charge in [0, 0.05) is 43.8 Å². The number of hydrogen-bond acceptors (Lipinski definition) is 4. The van der Waals surface area contributed by atoms with E-state index in [2.05, 4.69) is 94.3 Å². The molecule has 3 atom stereocenters. The summed E-state index contributed by atoms with van der Waals surface area (Å²) in [5, 5.41) is 3.75. The SMILES string of the molecule is CCN(CC)C(=O)c1ccc(C(c2cccc(O[Si](C)(C)C(C)(C)C)c2)N2C[C@H](C)NC[C@@H]2C)cc1. The first-order valence-electron chi connectivity index (χ1n) is 13.5. The maximum absolute atomic E-state index is 12.9. The van der Waals surface area contributed by atoms with Gasteiger partial charge in [0.2, 0.25) is 8.32 Å². The Kier molecular flexibility index (Phi) is 9.07. The lowest BCUT2D eigenvalue weighted by atomic mass is 9.93. The molecule has 1 aliphatic rings. The standard InChI is InChI=1S/C30H47N3O2Si/c1-10-32(11-2)29(34)25-17-15-24(16-18-25)28(33-21-22(3)31-20-23(33)4)26-13-12-14-27(19-26)35-36(8,9)30(5,6)7/h12-19,22-23,28,31H,10-11,20-21H2,1-9H3/t22-,23-,28?/m0/s1. The number of nitrogens with zero attached hydrogens (tertiary/aromatic N) is 2. The van der Waals surface area contributed by atoms with Gasteiger partial charge < -0.3 is 14.6 Å². The van der Waals surface area contributed by atoms with E-state index in [4.69, 9.17) is 4.43 Å². The molecule has 0 bridgehead atoms. The fourth-order valence-electron chi connectivity index (χ4n) is 4.68. The molecule has 0 spiro atoms. The van der Waals surface area contributed by atoms with Crippen LogP contribution < -0.4 is 9.74 Å². The van der Waals surface area contributed by atoms with Crippen LogP contribution in [0.5, 0.6) is 5.75 Å². The number of hydrogen-bond donors (Lipinski definition) is 1. The van der Waals surface area contributed by atoms with Crippen LogP contribution in [0.2, 0.25) is 18.1 Å². The Morgan fingerprint density at radius 2 is 1.72 bits per heavy atom. The quantitative estimate of drug-likeness (QED) is 0.423. The molecule has 1 saturated heterocycles. The fraction of sp³-hybridized carbons (Fsp3) is 0.567. The highest BCUT2D eigenvalue weighted by Gasteiger charge is 2.39. The van der Waals surface area contributed by atoms with Crippen molar-refractivity contribution in [3.05, 3.63) is 65.2 Å². The Morgan fingerprint density at radius 1 is 1.08 bits per heavy atom. The highest BCUT2D eigenvalue weighted by molar-refractivity contribution is 6.74. The molecule has 1 amide bonds. The Bertz CT molecular complexity index is 1010. The van der Waals surface area contributed by atoms with Crippen LogP contribution >= 0.6 is 0 Å². The molecule has 36 heavy (non-hydrogen) atoms. The molecular weight excluding hydrogens is 462 g/mol. The number of nitrogens with one attached hydrogen (secondary N) is 1. The average Bonchev–Trinajstić information content (AvgIpc) is 2.82. The van der Waals surface area contributed by atoms with Gasteiger partial charge in [-0.2, -0.15) is 0 Å². The van der Waals surface area contributed by atoms with E-state index in [1.165, 1.54) is 11.1 Å². The summed E-state index contributed by atoms with van der Waals surface area (Å²) in [6.45, 7) is 23.4. The smallest absolute Gasteiger partial charge is 0.253 e. The third-order valence-corrected chi connectivity index (χ3v) is 12.4. The molecule has 1 aliphatic heterocycles. The second kappa shape index (κ2) is 11.5. The lowest BCUT2D eigenvalue weighted by Gasteiger charge is -2.43. The van der Waals surface area contributed by atoms with Gasteiger partial charge in [-0.25, -0.2) is 0 Å². The zero-order chi connectivity index (χ0) is 26.7. The number of piperazine rings is 1. The van der Waals surface area contributed by atoms with Gasteiger partial charge >= 0.3 is 0 Å². The summed E-state index contributed by atoms with van der Waals surface area (Å²) in [6.07, 6.45) is 0. The van der Waals surface area contributed by atoms with Crippen LogP contribution in [-0.4, -0.2) is 62.3 Å². The summed E-state index contributed by atoms with van der Waals surface area (Å²) >= 11 is 0. The highest BCUT2D eigenvalue weighted by Crippen LogP contribution is 2.39. The van der Waals surface area contributed by atoms with Crippen LogP contribution in [0.25, 0.3) is 0 Å². The molecule has 1 N–H and O–H groups in total. The van der Waals surface area contributed by atoms with Gasteiger partial charge in [-0.05, 0) is 81.2 Å². The number of benzene rings is 2. The zero-order valence-corrected chi connectivity index (χ0v) is 24.9. The van der Waals surface area contributed by atoms with Crippen LogP contribution in [-0.2, 0) is 0 Å². The summed E-state index contributed by atoms with van der Waals surface area (Å²) in [6, 6.07) is 17.8. The molecule has 2 aromatic carbocycles. The summed E-state index contributed by atoms with van der Waals surface area (Å²) in [5.74, 6) is 1.05. The first-order chi connectivity index (χ1) is 16.9. The summed E-state index contributed by atoms with van der Waals surface area (Å²) in [5.41, 5.74) is 3.18. The second-order valence-corrected chi connectivity index (χ2v) is 16.5. The van der Waals surface area contributed by atoms with Crippen molar-refractivity contribution in [2.75, 3.05) is 26.2 Å². The van der Waals surface area contributed by atoms with Crippen LogP contribution in [0.15, 0.2) is 48.5 Å². The summed E-state index contributed by atoms with van der Waals surface area (Å²) in [4.78, 5) is 17.4. The van der Waals surface area contributed by atoms with Crippen LogP contribution in [0.3, 0.4) is 0 Å². The molecule has 3 rings (SSSR count). The number of rotatable bonds is 8. The van der Waals surface area contributed by atoms with Gasteiger partial charge in [0.15, 0.2) is 0 Å². The van der Waals surface area contributed by atoms with Crippen molar-refractivity contribution in [1.82, 2.24) is 15.1 Å².